The van der Waals surface area contributed by atoms with Crippen LogP contribution in [0.2, 0.25) is 0 Å². The maximum Gasteiger partial charge on any atom is 0.171 e. The number of aryl methyl sites for hydroxylation is 1. The molecule has 5 heteroatoms. The van der Waals surface area contributed by atoms with E-state index in [1.54, 1.807) is 22.2 Å². The Labute approximate surface area is 105 Å². The molecule has 92 valence electrons. The topological polar surface area (TPSA) is 55.9 Å². The third-order valence-electron chi connectivity index (χ3n) is 2.74. The maximum absolute atomic E-state index is 5.85. The molecule has 0 atom stereocenters. The third kappa shape index (κ3) is 2.61. The van der Waals surface area contributed by atoms with E-state index in [1.807, 2.05) is 7.05 Å². The number of nitrogens with one attached hydrogen (secondary N) is 1. The largest absolute Gasteiger partial charge is 0.394 e. The first-order valence-corrected chi connectivity index (χ1v) is 6.44. The fourth-order valence-corrected chi connectivity index (χ4v) is 2.55. The molecule has 2 aromatic rings. The van der Waals surface area contributed by atoms with Crippen molar-refractivity contribution in [2.24, 2.45) is 7.05 Å². The number of nitrogen functional groups attached to an aromatic ring is 1. The molecule has 2 rings (SSSR count). The van der Waals surface area contributed by atoms with Gasteiger partial charge < -0.3 is 11.1 Å². The Kier molecular flexibility index (Phi) is 3.11. The number of nitrogens with zero attached hydrogens (tertiary/aromatic N) is 2. The van der Waals surface area contributed by atoms with Crippen molar-refractivity contribution in [2.75, 3.05) is 17.6 Å². The lowest BCUT2D eigenvalue weighted by Crippen LogP contribution is -2.27. The molecule has 3 N–H and O–H groups in total. The molecule has 0 amide bonds. The molecule has 2 heterocycles. The van der Waals surface area contributed by atoms with Crippen molar-refractivity contribution in [2.45, 2.75) is 19.3 Å². The number of rotatable bonds is 4. The molecule has 0 aliphatic heterocycles. The molecule has 0 spiro atoms. The zero-order valence-electron chi connectivity index (χ0n) is 10.4. The minimum absolute atomic E-state index is 0.0815. The van der Waals surface area contributed by atoms with Crippen LogP contribution in [-0.4, -0.2) is 16.3 Å². The van der Waals surface area contributed by atoms with Gasteiger partial charge in [-0.1, -0.05) is 19.9 Å². The zero-order valence-corrected chi connectivity index (χ0v) is 11.2. The molecule has 0 aliphatic rings. The number of nitrogens with two attached hydrogens (primary N) is 1. The smallest absolute Gasteiger partial charge is 0.171 e. The molecule has 0 fully saturated rings. The Balaban J connectivity index is 2.05. The number of hydrogen-bond donors (Lipinski definition) is 2. The van der Waals surface area contributed by atoms with E-state index < -0.39 is 0 Å². The van der Waals surface area contributed by atoms with Crippen molar-refractivity contribution >= 4 is 22.8 Å². The quantitative estimate of drug-likeness (QED) is 0.876. The highest BCUT2D eigenvalue weighted by Crippen LogP contribution is 2.28. The Morgan fingerprint density at radius 1 is 1.53 bits per heavy atom. The number of anilines is 2. The zero-order chi connectivity index (χ0) is 12.5. The second kappa shape index (κ2) is 4.41. The van der Waals surface area contributed by atoms with Gasteiger partial charge >= 0.3 is 0 Å². The lowest BCUT2D eigenvalue weighted by molar-refractivity contribution is 0.567. The van der Waals surface area contributed by atoms with Crippen molar-refractivity contribution < 1.29 is 0 Å². The van der Waals surface area contributed by atoms with Crippen LogP contribution < -0.4 is 11.1 Å². The van der Waals surface area contributed by atoms with Crippen LogP contribution in [0.4, 0.5) is 11.5 Å². The van der Waals surface area contributed by atoms with Crippen LogP contribution in [0.5, 0.6) is 0 Å². The second-order valence-corrected chi connectivity index (χ2v) is 5.77. The van der Waals surface area contributed by atoms with Gasteiger partial charge in [0.05, 0.1) is 5.69 Å². The highest BCUT2D eigenvalue weighted by atomic mass is 32.1. The molecule has 0 saturated carbocycles. The van der Waals surface area contributed by atoms with E-state index in [4.69, 9.17) is 5.73 Å². The van der Waals surface area contributed by atoms with Crippen LogP contribution in [0.3, 0.4) is 0 Å². The molecule has 4 nitrogen and oxygen atoms in total. The fourth-order valence-electron chi connectivity index (χ4n) is 1.70. The minimum Gasteiger partial charge on any atom is -0.394 e. The van der Waals surface area contributed by atoms with Gasteiger partial charge in [0, 0.05) is 30.1 Å². The van der Waals surface area contributed by atoms with Gasteiger partial charge in [-0.2, -0.15) is 5.10 Å². The number of thiophene rings is 1. The first-order chi connectivity index (χ1) is 7.99. The van der Waals surface area contributed by atoms with Crippen molar-refractivity contribution in [3.05, 3.63) is 28.6 Å². The van der Waals surface area contributed by atoms with E-state index in [0.717, 1.165) is 12.4 Å². The van der Waals surface area contributed by atoms with Crippen LogP contribution in [0.25, 0.3) is 0 Å². The lowest BCUT2D eigenvalue weighted by Gasteiger charge is -2.23. The average Bonchev–Trinajstić information content (AvgIpc) is 2.85. The normalized spacial score (nSPS) is 11.7. The molecule has 0 saturated heterocycles. The van der Waals surface area contributed by atoms with Gasteiger partial charge in [0.1, 0.15) is 0 Å². The van der Waals surface area contributed by atoms with E-state index in [9.17, 15) is 0 Å². The standard InChI is InChI=1S/C12H18N4S/c1-12(2,10-5-4-6-17-10)8-14-11-9(13)7-16(3)15-11/h4-7H,8,13H2,1-3H3,(H,14,15). The lowest BCUT2D eigenvalue weighted by atomic mass is 9.91. The number of aromatic nitrogens is 2. The molecule has 2 aromatic heterocycles. The summed E-state index contributed by atoms with van der Waals surface area (Å²) in [5.74, 6) is 0.761. The van der Waals surface area contributed by atoms with Crippen LogP contribution in [0.1, 0.15) is 18.7 Å². The summed E-state index contributed by atoms with van der Waals surface area (Å²) < 4.78 is 1.72. The van der Waals surface area contributed by atoms with Crippen molar-refractivity contribution in [1.82, 2.24) is 9.78 Å². The van der Waals surface area contributed by atoms with Crippen molar-refractivity contribution in [3.8, 4) is 0 Å². The summed E-state index contributed by atoms with van der Waals surface area (Å²) in [6.45, 7) is 5.24. The van der Waals surface area contributed by atoms with E-state index in [-0.39, 0.29) is 5.41 Å². The maximum atomic E-state index is 5.85. The molecular weight excluding hydrogens is 232 g/mol. The Hall–Kier alpha value is -1.49. The van der Waals surface area contributed by atoms with Gasteiger partial charge in [-0.05, 0) is 11.4 Å². The van der Waals surface area contributed by atoms with Crippen LogP contribution in [0.15, 0.2) is 23.7 Å². The molecule has 0 unspecified atom stereocenters. The average molecular weight is 250 g/mol. The highest BCUT2D eigenvalue weighted by molar-refractivity contribution is 7.10. The van der Waals surface area contributed by atoms with E-state index in [1.165, 1.54) is 4.88 Å². The molecule has 0 aliphatic carbocycles. The van der Waals surface area contributed by atoms with Gasteiger partial charge in [-0.3, -0.25) is 4.68 Å². The minimum atomic E-state index is 0.0815. The molecule has 17 heavy (non-hydrogen) atoms. The van der Waals surface area contributed by atoms with E-state index in [0.29, 0.717) is 5.69 Å². The Morgan fingerprint density at radius 3 is 2.82 bits per heavy atom. The summed E-state index contributed by atoms with van der Waals surface area (Å²) in [6.07, 6.45) is 1.81. The Morgan fingerprint density at radius 2 is 2.29 bits per heavy atom. The molecule has 0 aromatic carbocycles. The van der Waals surface area contributed by atoms with Gasteiger partial charge in [0.2, 0.25) is 0 Å². The summed E-state index contributed by atoms with van der Waals surface area (Å²) >= 11 is 1.78. The molecular formula is C12H18N4S. The van der Waals surface area contributed by atoms with Gasteiger partial charge in [0.25, 0.3) is 0 Å². The molecule has 0 bridgehead atoms. The SMILES string of the molecule is Cn1cc(N)c(NCC(C)(C)c2cccs2)n1. The van der Waals surface area contributed by atoms with Crippen LogP contribution in [-0.2, 0) is 12.5 Å². The summed E-state index contributed by atoms with van der Waals surface area (Å²) in [4.78, 5) is 1.36. The summed E-state index contributed by atoms with van der Waals surface area (Å²) in [5, 5.41) is 9.69. The van der Waals surface area contributed by atoms with Crippen LogP contribution >= 0.6 is 11.3 Å². The predicted octanol–water partition coefficient (Wildman–Crippen LogP) is 2.45. The first kappa shape index (κ1) is 12.0. The molecule has 0 radical (unpaired) electrons. The van der Waals surface area contributed by atoms with E-state index in [2.05, 4.69) is 41.8 Å². The van der Waals surface area contributed by atoms with Gasteiger partial charge in [0.15, 0.2) is 5.82 Å². The predicted molar refractivity (Wildman–Crippen MR) is 73.5 cm³/mol. The van der Waals surface area contributed by atoms with Crippen molar-refractivity contribution in [1.29, 1.82) is 0 Å². The van der Waals surface area contributed by atoms with Crippen LogP contribution in [0, 0.1) is 0 Å². The first-order valence-electron chi connectivity index (χ1n) is 5.56. The summed E-state index contributed by atoms with van der Waals surface area (Å²) in [7, 11) is 1.87. The second-order valence-electron chi connectivity index (χ2n) is 4.82. The van der Waals surface area contributed by atoms with Gasteiger partial charge in [-0.15, -0.1) is 11.3 Å². The highest BCUT2D eigenvalue weighted by Gasteiger charge is 2.22. The van der Waals surface area contributed by atoms with Gasteiger partial charge in [-0.25, -0.2) is 0 Å². The third-order valence-corrected chi connectivity index (χ3v) is 3.98. The fraction of sp³-hybridized carbons (Fsp3) is 0.417. The monoisotopic (exact) mass is 250 g/mol. The van der Waals surface area contributed by atoms with E-state index >= 15 is 0 Å². The Bertz CT molecular complexity index is 485. The van der Waals surface area contributed by atoms with Crippen molar-refractivity contribution in [3.63, 3.8) is 0 Å². The number of hydrogen-bond acceptors (Lipinski definition) is 4. The summed E-state index contributed by atoms with van der Waals surface area (Å²) in [5.41, 5.74) is 6.62. The summed E-state index contributed by atoms with van der Waals surface area (Å²) in [6, 6.07) is 4.24.